The predicted molar refractivity (Wildman–Crippen MR) is 291 cm³/mol. The molecule has 11 aromatic rings. The molecule has 0 saturated heterocycles. The van der Waals surface area contributed by atoms with E-state index in [-0.39, 0.29) is 0 Å². The summed E-state index contributed by atoms with van der Waals surface area (Å²) in [7, 11) is 0. The number of hydrogen-bond acceptors (Lipinski definition) is 4. The fourth-order valence-corrected chi connectivity index (χ4v) is 11.9. The van der Waals surface area contributed by atoms with Crippen molar-refractivity contribution in [3.63, 3.8) is 0 Å². The Kier molecular flexibility index (Phi) is 10.1. The predicted octanol–water partition coefficient (Wildman–Crippen LogP) is 16.5. The van der Waals surface area contributed by atoms with Gasteiger partial charge >= 0.3 is 0 Å². The average molecular weight is 909 g/mol. The summed E-state index contributed by atoms with van der Waals surface area (Å²) in [4.78, 5) is 14.6. The number of benzene rings is 10. The van der Waals surface area contributed by atoms with E-state index in [1.807, 2.05) is 0 Å². The Morgan fingerprint density at radius 3 is 0.817 bits per heavy atom. The molecule has 13 rings (SSSR count). The summed E-state index contributed by atoms with van der Waals surface area (Å²) in [6.45, 7) is 2.14. The van der Waals surface area contributed by atoms with Crippen LogP contribution in [0.2, 0.25) is 0 Å². The molecule has 0 unspecified atom stereocenters. The van der Waals surface area contributed by atoms with Gasteiger partial charge in [-0.05, 0) is 100.0 Å². The normalized spacial score (nSPS) is 13.9. The Balaban J connectivity index is 0.861. The minimum atomic E-state index is -0.516. The van der Waals surface area contributed by atoms with Gasteiger partial charge in [-0.15, -0.1) is 0 Å². The van der Waals surface area contributed by atoms with Gasteiger partial charge in [0.2, 0.25) is 0 Å². The van der Waals surface area contributed by atoms with Gasteiger partial charge in [0.1, 0.15) is 6.33 Å². The van der Waals surface area contributed by atoms with Crippen molar-refractivity contribution in [2.24, 2.45) is 0 Å². The number of aromatic nitrogens is 2. The van der Waals surface area contributed by atoms with Crippen LogP contribution in [0.3, 0.4) is 0 Å². The third-order valence-electron chi connectivity index (χ3n) is 14.9. The summed E-state index contributed by atoms with van der Waals surface area (Å²) in [5.74, 6) is 0. The smallest absolute Gasteiger partial charge is 0.116 e. The van der Waals surface area contributed by atoms with Crippen molar-refractivity contribution in [3.8, 4) is 22.5 Å². The molecule has 0 N–H and O–H groups in total. The molecule has 0 amide bonds. The van der Waals surface area contributed by atoms with E-state index >= 15 is 0 Å². The molecule has 4 nitrogen and oxygen atoms in total. The van der Waals surface area contributed by atoms with Gasteiger partial charge in [-0.2, -0.15) is 0 Å². The van der Waals surface area contributed by atoms with Gasteiger partial charge in [0, 0.05) is 28.1 Å². The van der Waals surface area contributed by atoms with E-state index in [9.17, 15) is 0 Å². The van der Waals surface area contributed by atoms with Crippen molar-refractivity contribution in [3.05, 3.63) is 323 Å². The van der Waals surface area contributed by atoms with Gasteiger partial charge in [0.15, 0.2) is 0 Å². The van der Waals surface area contributed by atoms with E-state index in [4.69, 9.17) is 9.97 Å². The third-order valence-corrected chi connectivity index (χ3v) is 14.9. The molecule has 0 spiro atoms. The highest BCUT2D eigenvalue weighted by Crippen LogP contribution is 2.59. The Hall–Kier alpha value is -9.12. The Labute approximate surface area is 415 Å². The monoisotopic (exact) mass is 908 g/mol. The summed E-state index contributed by atoms with van der Waals surface area (Å²) in [6, 6.07) is 97.1. The van der Waals surface area contributed by atoms with Gasteiger partial charge in [0.05, 0.1) is 45.0 Å². The van der Waals surface area contributed by atoms with Crippen LogP contribution < -0.4 is 9.80 Å². The van der Waals surface area contributed by atoms with E-state index in [0.717, 1.165) is 62.2 Å². The Morgan fingerprint density at radius 2 is 0.535 bits per heavy atom. The highest BCUT2D eigenvalue weighted by molar-refractivity contribution is 5.92. The molecule has 0 radical (unpaired) electrons. The second-order valence-corrected chi connectivity index (χ2v) is 18.5. The largest absolute Gasteiger partial charge is 0.310 e. The summed E-state index contributed by atoms with van der Waals surface area (Å²) in [5, 5.41) is 0. The van der Waals surface area contributed by atoms with Crippen molar-refractivity contribution in [2.45, 2.75) is 17.8 Å². The van der Waals surface area contributed by atoms with Crippen LogP contribution in [0, 0.1) is 6.92 Å². The molecule has 10 aromatic carbocycles. The van der Waals surface area contributed by atoms with Crippen LogP contribution in [0.1, 0.15) is 50.1 Å². The number of rotatable bonds is 8. The molecule has 71 heavy (non-hydrogen) atoms. The van der Waals surface area contributed by atoms with Crippen LogP contribution in [0.15, 0.2) is 273 Å². The van der Waals surface area contributed by atoms with Crippen molar-refractivity contribution in [1.82, 2.24) is 9.97 Å². The molecule has 0 atom stereocenters. The zero-order valence-electron chi connectivity index (χ0n) is 39.3. The first-order valence-electron chi connectivity index (χ1n) is 24.4. The second-order valence-electron chi connectivity index (χ2n) is 18.5. The molecular weight excluding hydrogens is 861 g/mol. The topological polar surface area (TPSA) is 32.3 Å². The number of nitrogens with zero attached hydrogens (tertiary/aromatic N) is 4. The number of anilines is 6. The van der Waals surface area contributed by atoms with E-state index in [0.29, 0.717) is 0 Å². The maximum Gasteiger partial charge on any atom is 0.116 e. The lowest BCUT2D eigenvalue weighted by Gasteiger charge is -2.46. The van der Waals surface area contributed by atoms with Crippen molar-refractivity contribution >= 4 is 34.1 Å². The molecule has 4 heteroatoms. The first-order chi connectivity index (χ1) is 35.2. The molecule has 0 saturated carbocycles. The SMILES string of the molecule is Cc1c(-c2ccc(N3c4ccccc4C(c4ccccc4)(c4ccccc4)c4ccccc43)cc2)ncnc1-c1ccc(N2c3ccccc3C(c3ccccc3)(c3ccccc3)c3ccccc32)cc1. The van der Waals surface area contributed by atoms with E-state index in [1.54, 1.807) is 6.33 Å². The van der Waals surface area contributed by atoms with Crippen LogP contribution >= 0.6 is 0 Å². The van der Waals surface area contributed by atoms with E-state index < -0.39 is 10.8 Å². The van der Waals surface area contributed by atoms with Crippen molar-refractivity contribution < 1.29 is 0 Å². The van der Waals surface area contributed by atoms with Crippen molar-refractivity contribution in [1.29, 1.82) is 0 Å². The molecular formula is C67H48N4. The van der Waals surface area contributed by atoms with Crippen LogP contribution in [0.4, 0.5) is 34.1 Å². The van der Waals surface area contributed by atoms with E-state index in [2.05, 4.69) is 284 Å². The number of para-hydroxylation sites is 4. The third kappa shape index (κ3) is 6.45. The Morgan fingerprint density at radius 1 is 0.282 bits per heavy atom. The lowest BCUT2D eigenvalue weighted by atomic mass is 9.62. The highest BCUT2D eigenvalue weighted by Gasteiger charge is 2.48. The zero-order chi connectivity index (χ0) is 47.4. The van der Waals surface area contributed by atoms with Gasteiger partial charge in [0.25, 0.3) is 0 Å². The van der Waals surface area contributed by atoms with Gasteiger partial charge in [-0.25, -0.2) is 9.97 Å². The molecule has 2 aliphatic rings. The van der Waals surface area contributed by atoms with Gasteiger partial charge in [-0.3, -0.25) is 0 Å². The molecule has 0 bridgehead atoms. The Bertz CT molecular complexity index is 3280. The summed E-state index contributed by atoms with van der Waals surface area (Å²) >= 11 is 0. The van der Waals surface area contributed by atoms with Crippen LogP contribution in [0.5, 0.6) is 0 Å². The quantitative estimate of drug-likeness (QED) is 0.152. The molecule has 3 heterocycles. The van der Waals surface area contributed by atoms with Crippen molar-refractivity contribution in [2.75, 3.05) is 9.80 Å². The van der Waals surface area contributed by atoms with Crippen LogP contribution in [-0.2, 0) is 10.8 Å². The zero-order valence-corrected chi connectivity index (χ0v) is 39.3. The standard InChI is InChI=1S/C67H48N4/c1-47-64(48-38-42-54(43-39-48)70-60-34-18-14-30-56(60)66(50-22-6-2-7-23-50,51-24-8-3-9-25-51)57-31-15-19-35-61(57)70)68-46-69-65(47)49-40-44-55(45-41-49)71-62-36-20-16-32-58(62)67(52-26-10-4-11-27-52,53-28-12-5-13-29-53)59-33-17-21-37-63(59)71/h2-46H,1H3. The van der Waals surface area contributed by atoms with E-state index in [1.165, 1.54) is 44.5 Å². The maximum absolute atomic E-state index is 4.91. The second kappa shape index (κ2) is 17.1. The minimum Gasteiger partial charge on any atom is -0.310 e. The molecule has 0 fully saturated rings. The summed E-state index contributed by atoms with van der Waals surface area (Å²) in [6.07, 6.45) is 1.70. The van der Waals surface area contributed by atoms with Crippen LogP contribution in [-0.4, -0.2) is 9.97 Å². The maximum atomic E-state index is 4.91. The summed E-state index contributed by atoms with van der Waals surface area (Å²) in [5.41, 5.74) is 20.6. The number of fused-ring (bicyclic) bond motifs is 4. The molecule has 2 aliphatic heterocycles. The molecule has 0 aliphatic carbocycles. The fraction of sp³-hybridized carbons (Fsp3) is 0.0448. The average Bonchev–Trinajstić information content (AvgIpc) is 3.45. The molecule has 336 valence electrons. The van der Waals surface area contributed by atoms with Gasteiger partial charge < -0.3 is 9.80 Å². The first kappa shape index (κ1) is 42.0. The first-order valence-corrected chi connectivity index (χ1v) is 24.4. The number of hydrogen-bond donors (Lipinski definition) is 0. The minimum absolute atomic E-state index is 0.516. The lowest BCUT2D eigenvalue weighted by molar-refractivity contribution is 0.731. The van der Waals surface area contributed by atoms with Gasteiger partial charge in [-0.1, -0.05) is 218 Å². The summed E-state index contributed by atoms with van der Waals surface area (Å²) < 4.78 is 0. The molecule has 1 aromatic heterocycles. The lowest BCUT2D eigenvalue weighted by Crippen LogP contribution is -2.37. The fourth-order valence-electron chi connectivity index (χ4n) is 11.9. The van der Waals surface area contributed by atoms with Crippen LogP contribution in [0.25, 0.3) is 22.5 Å². The highest BCUT2D eigenvalue weighted by atomic mass is 15.2.